The molecule has 0 saturated heterocycles. The van der Waals surface area contributed by atoms with Crippen LogP contribution in [0.2, 0.25) is 0 Å². The number of ether oxygens (including phenoxy) is 1. The minimum Gasteiger partial charge on any atom is -0.463 e. The van der Waals surface area contributed by atoms with Crippen molar-refractivity contribution >= 4 is 5.97 Å². The standard InChI is InChI=1S/C13H22O2/c1-4-15-13(14)11(3)9-12-8-6-5-7-10(12)2/h9-10,12H,4-8H2,1-3H3/b11-9+. The number of rotatable bonds is 3. The second kappa shape index (κ2) is 5.94. The van der Waals surface area contributed by atoms with Gasteiger partial charge in [-0.05, 0) is 32.1 Å². The molecule has 0 aromatic rings. The number of carbonyl (C=O) groups is 1. The fraction of sp³-hybridized carbons (Fsp3) is 0.769. The Kier molecular flexibility index (Phi) is 4.86. The van der Waals surface area contributed by atoms with Crippen molar-refractivity contribution in [2.24, 2.45) is 11.8 Å². The molecule has 0 N–H and O–H groups in total. The highest BCUT2D eigenvalue weighted by molar-refractivity contribution is 5.87. The molecule has 1 saturated carbocycles. The lowest BCUT2D eigenvalue weighted by molar-refractivity contribution is -0.138. The highest BCUT2D eigenvalue weighted by Crippen LogP contribution is 2.31. The first kappa shape index (κ1) is 12.3. The van der Waals surface area contributed by atoms with Gasteiger partial charge in [-0.25, -0.2) is 4.79 Å². The largest absolute Gasteiger partial charge is 0.463 e. The van der Waals surface area contributed by atoms with Crippen LogP contribution in [0.25, 0.3) is 0 Å². The summed E-state index contributed by atoms with van der Waals surface area (Å²) in [5.74, 6) is 1.13. The number of esters is 1. The Morgan fingerprint density at radius 1 is 1.40 bits per heavy atom. The van der Waals surface area contributed by atoms with Crippen LogP contribution in [0.3, 0.4) is 0 Å². The van der Waals surface area contributed by atoms with Crippen LogP contribution in [-0.2, 0) is 9.53 Å². The molecule has 0 heterocycles. The van der Waals surface area contributed by atoms with Gasteiger partial charge in [0.05, 0.1) is 6.61 Å². The normalized spacial score (nSPS) is 27.5. The van der Waals surface area contributed by atoms with Gasteiger partial charge in [0.25, 0.3) is 0 Å². The fourth-order valence-electron chi connectivity index (χ4n) is 2.23. The topological polar surface area (TPSA) is 26.3 Å². The van der Waals surface area contributed by atoms with Gasteiger partial charge in [-0.15, -0.1) is 0 Å². The van der Waals surface area contributed by atoms with Crippen molar-refractivity contribution in [2.75, 3.05) is 6.61 Å². The van der Waals surface area contributed by atoms with Crippen molar-refractivity contribution in [1.29, 1.82) is 0 Å². The Bertz CT molecular complexity index is 243. The zero-order valence-electron chi connectivity index (χ0n) is 10.1. The molecule has 1 rings (SSSR count). The molecule has 15 heavy (non-hydrogen) atoms. The maximum atomic E-state index is 11.4. The van der Waals surface area contributed by atoms with E-state index in [1.807, 2.05) is 13.8 Å². The monoisotopic (exact) mass is 210 g/mol. The lowest BCUT2D eigenvalue weighted by Crippen LogP contribution is -2.16. The van der Waals surface area contributed by atoms with Crippen molar-refractivity contribution in [3.63, 3.8) is 0 Å². The third-order valence-electron chi connectivity index (χ3n) is 3.24. The van der Waals surface area contributed by atoms with E-state index in [1.54, 1.807) is 0 Å². The Morgan fingerprint density at radius 3 is 2.67 bits per heavy atom. The Morgan fingerprint density at radius 2 is 2.07 bits per heavy atom. The van der Waals surface area contributed by atoms with Crippen LogP contribution in [0.5, 0.6) is 0 Å². The Balaban J connectivity index is 2.55. The maximum absolute atomic E-state index is 11.4. The molecule has 0 aromatic heterocycles. The van der Waals surface area contributed by atoms with Crippen LogP contribution in [-0.4, -0.2) is 12.6 Å². The Labute approximate surface area is 92.7 Å². The summed E-state index contributed by atoms with van der Waals surface area (Å²) in [6, 6.07) is 0. The first-order valence-corrected chi connectivity index (χ1v) is 6.00. The van der Waals surface area contributed by atoms with E-state index < -0.39 is 0 Å². The fourth-order valence-corrected chi connectivity index (χ4v) is 2.23. The van der Waals surface area contributed by atoms with Crippen LogP contribution in [0.4, 0.5) is 0 Å². The summed E-state index contributed by atoms with van der Waals surface area (Å²) in [6.45, 7) is 6.44. The van der Waals surface area contributed by atoms with E-state index in [1.165, 1.54) is 25.7 Å². The number of allylic oxidation sites excluding steroid dienone is 1. The highest BCUT2D eigenvalue weighted by Gasteiger charge is 2.20. The van der Waals surface area contributed by atoms with Gasteiger partial charge >= 0.3 is 5.97 Å². The van der Waals surface area contributed by atoms with Gasteiger partial charge in [-0.3, -0.25) is 0 Å². The molecule has 0 bridgehead atoms. The van der Waals surface area contributed by atoms with Gasteiger partial charge in [0.2, 0.25) is 0 Å². The molecule has 0 aromatic carbocycles. The first-order valence-electron chi connectivity index (χ1n) is 6.00. The molecule has 2 atom stereocenters. The number of carbonyl (C=O) groups excluding carboxylic acids is 1. The van der Waals surface area contributed by atoms with Gasteiger partial charge in [0.1, 0.15) is 0 Å². The Hall–Kier alpha value is -0.790. The minimum atomic E-state index is -0.157. The molecule has 86 valence electrons. The SMILES string of the molecule is CCOC(=O)/C(C)=C/C1CCCCC1C. The maximum Gasteiger partial charge on any atom is 0.333 e. The third kappa shape index (κ3) is 3.69. The molecule has 1 aliphatic carbocycles. The molecule has 0 radical (unpaired) electrons. The average molecular weight is 210 g/mol. The zero-order valence-corrected chi connectivity index (χ0v) is 10.1. The van der Waals surface area contributed by atoms with Gasteiger partial charge in [-0.2, -0.15) is 0 Å². The van der Waals surface area contributed by atoms with E-state index in [2.05, 4.69) is 13.0 Å². The van der Waals surface area contributed by atoms with E-state index in [0.717, 1.165) is 5.57 Å². The van der Waals surface area contributed by atoms with Crippen molar-refractivity contribution in [1.82, 2.24) is 0 Å². The van der Waals surface area contributed by atoms with E-state index in [4.69, 9.17) is 4.74 Å². The van der Waals surface area contributed by atoms with E-state index >= 15 is 0 Å². The van der Waals surface area contributed by atoms with Gasteiger partial charge in [-0.1, -0.05) is 32.3 Å². The van der Waals surface area contributed by atoms with Gasteiger partial charge in [0, 0.05) is 5.57 Å². The summed E-state index contributed by atoms with van der Waals surface area (Å²) in [5.41, 5.74) is 0.774. The predicted octanol–water partition coefficient (Wildman–Crippen LogP) is 3.32. The van der Waals surface area contributed by atoms with Crippen LogP contribution < -0.4 is 0 Å². The molecule has 0 amide bonds. The lowest BCUT2D eigenvalue weighted by Gasteiger charge is -2.26. The summed E-state index contributed by atoms with van der Waals surface area (Å²) < 4.78 is 4.97. The second-order valence-electron chi connectivity index (χ2n) is 4.50. The molecular formula is C13H22O2. The van der Waals surface area contributed by atoms with Crippen molar-refractivity contribution < 1.29 is 9.53 Å². The van der Waals surface area contributed by atoms with Crippen LogP contribution in [0.15, 0.2) is 11.6 Å². The van der Waals surface area contributed by atoms with E-state index in [0.29, 0.717) is 18.4 Å². The minimum absolute atomic E-state index is 0.157. The van der Waals surface area contributed by atoms with E-state index in [-0.39, 0.29) is 5.97 Å². The molecule has 2 unspecified atom stereocenters. The summed E-state index contributed by atoms with van der Waals surface area (Å²) in [4.78, 5) is 11.4. The third-order valence-corrected chi connectivity index (χ3v) is 3.24. The van der Waals surface area contributed by atoms with Crippen LogP contribution in [0.1, 0.15) is 46.5 Å². The first-order chi connectivity index (χ1) is 7.15. The highest BCUT2D eigenvalue weighted by atomic mass is 16.5. The average Bonchev–Trinajstić information content (AvgIpc) is 2.21. The van der Waals surface area contributed by atoms with Gasteiger partial charge < -0.3 is 4.74 Å². The number of hydrogen-bond donors (Lipinski definition) is 0. The molecule has 0 aliphatic heterocycles. The number of hydrogen-bond acceptors (Lipinski definition) is 2. The van der Waals surface area contributed by atoms with Crippen molar-refractivity contribution in [2.45, 2.75) is 46.5 Å². The molecule has 1 aliphatic rings. The summed E-state index contributed by atoms with van der Waals surface area (Å²) in [6.07, 6.45) is 7.25. The summed E-state index contributed by atoms with van der Waals surface area (Å²) >= 11 is 0. The lowest BCUT2D eigenvalue weighted by atomic mass is 9.79. The van der Waals surface area contributed by atoms with Crippen molar-refractivity contribution in [3.8, 4) is 0 Å². The van der Waals surface area contributed by atoms with Crippen molar-refractivity contribution in [3.05, 3.63) is 11.6 Å². The molecule has 2 nitrogen and oxygen atoms in total. The molecule has 1 fully saturated rings. The van der Waals surface area contributed by atoms with E-state index in [9.17, 15) is 4.79 Å². The smallest absolute Gasteiger partial charge is 0.333 e. The zero-order chi connectivity index (χ0) is 11.3. The van der Waals surface area contributed by atoms with Crippen LogP contribution in [0, 0.1) is 11.8 Å². The second-order valence-corrected chi connectivity index (χ2v) is 4.50. The van der Waals surface area contributed by atoms with Gasteiger partial charge in [0.15, 0.2) is 0 Å². The molecule has 2 heteroatoms. The molecule has 0 spiro atoms. The summed E-state index contributed by atoms with van der Waals surface area (Å²) in [7, 11) is 0. The predicted molar refractivity (Wildman–Crippen MR) is 61.5 cm³/mol. The summed E-state index contributed by atoms with van der Waals surface area (Å²) in [5, 5.41) is 0. The molecular weight excluding hydrogens is 188 g/mol. The van der Waals surface area contributed by atoms with Crippen LogP contribution >= 0.6 is 0 Å². The quantitative estimate of drug-likeness (QED) is 0.527.